The van der Waals surface area contributed by atoms with Gasteiger partial charge < -0.3 is 25.0 Å². The first-order valence-electron chi connectivity index (χ1n) is 10.8. The Balaban J connectivity index is 1.50. The molecule has 160 valence electrons. The van der Waals surface area contributed by atoms with Crippen LogP contribution in [0.25, 0.3) is 11.0 Å². The summed E-state index contributed by atoms with van der Waals surface area (Å²) in [5.41, 5.74) is 2.96. The minimum absolute atomic E-state index is 0.175. The maximum Gasteiger partial charge on any atom is 0.230 e. The quantitative estimate of drug-likeness (QED) is 0.565. The molecule has 0 unspecified atom stereocenters. The monoisotopic (exact) mass is 428 g/mol. The third-order valence-corrected chi connectivity index (χ3v) is 6.84. The molecule has 0 spiro atoms. The lowest BCUT2D eigenvalue weighted by Gasteiger charge is -2.28. The smallest absolute Gasteiger partial charge is 0.230 e. The van der Waals surface area contributed by atoms with E-state index in [1.807, 2.05) is 13.0 Å². The van der Waals surface area contributed by atoms with E-state index in [1.54, 1.807) is 0 Å². The van der Waals surface area contributed by atoms with E-state index >= 15 is 0 Å². The Bertz CT molecular complexity index is 1000. The van der Waals surface area contributed by atoms with Crippen LogP contribution >= 0.6 is 11.5 Å². The summed E-state index contributed by atoms with van der Waals surface area (Å²) < 4.78 is 12.2. The van der Waals surface area contributed by atoms with Crippen molar-refractivity contribution in [3.8, 4) is 0 Å². The molecule has 1 saturated carbocycles. The highest BCUT2D eigenvalue weighted by atomic mass is 32.1. The molecule has 1 aliphatic carbocycles. The van der Waals surface area contributed by atoms with Gasteiger partial charge in [0.2, 0.25) is 5.95 Å². The number of aliphatic hydroxyl groups is 1. The van der Waals surface area contributed by atoms with Gasteiger partial charge in [-0.2, -0.15) is 9.36 Å². The highest BCUT2D eigenvalue weighted by Gasteiger charge is 2.24. The maximum absolute atomic E-state index is 9.87. The van der Waals surface area contributed by atoms with Crippen molar-refractivity contribution in [1.29, 1.82) is 0 Å². The lowest BCUT2D eigenvalue weighted by atomic mass is 9.93. The van der Waals surface area contributed by atoms with E-state index in [4.69, 9.17) is 14.7 Å². The molecule has 30 heavy (non-hydrogen) atoms. The molecule has 8 nitrogen and oxygen atoms in total. The Morgan fingerprint density at radius 3 is 2.67 bits per heavy atom. The van der Waals surface area contributed by atoms with Gasteiger partial charge in [0.25, 0.3) is 0 Å². The fourth-order valence-corrected chi connectivity index (χ4v) is 5.09. The van der Waals surface area contributed by atoms with Crippen LogP contribution in [-0.2, 0) is 4.74 Å². The summed E-state index contributed by atoms with van der Waals surface area (Å²) in [5, 5.41) is 17.8. The minimum atomic E-state index is -0.175. The van der Waals surface area contributed by atoms with Gasteiger partial charge in [-0.1, -0.05) is 0 Å². The van der Waals surface area contributed by atoms with E-state index in [0.29, 0.717) is 18.0 Å². The van der Waals surface area contributed by atoms with Crippen LogP contribution < -0.4 is 10.6 Å². The molecule has 2 aliphatic rings. The third kappa shape index (κ3) is 4.14. The van der Waals surface area contributed by atoms with Crippen molar-refractivity contribution in [3.63, 3.8) is 0 Å². The summed E-state index contributed by atoms with van der Waals surface area (Å²) in [4.78, 5) is 9.66. The third-order valence-electron chi connectivity index (χ3n) is 6.05. The van der Waals surface area contributed by atoms with Gasteiger partial charge in [-0.05, 0) is 69.1 Å². The molecular weight excluding hydrogens is 400 g/mol. The van der Waals surface area contributed by atoms with Crippen LogP contribution in [-0.4, -0.2) is 49.4 Å². The van der Waals surface area contributed by atoms with Crippen LogP contribution in [0.4, 0.5) is 16.8 Å². The van der Waals surface area contributed by atoms with Crippen molar-refractivity contribution in [2.75, 3.05) is 23.8 Å². The van der Waals surface area contributed by atoms with Crippen LogP contribution in [0.15, 0.2) is 18.3 Å². The molecule has 1 saturated heterocycles. The van der Waals surface area contributed by atoms with Crippen molar-refractivity contribution >= 4 is 39.3 Å². The van der Waals surface area contributed by atoms with Crippen LogP contribution in [0.2, 0.25) is 0 Å². The Kier molecular flexibility index (Phi) is 5.58. The van der Waals surface area contributed by atoms with E-state index in [2.05, 4.69) is 31.8 Å². The maximum atomic E-state index is 9.87. The van der Waals surface area contributed by atoms with Gasteiger partial charge in [0.05, 0.1) is 17.3 Å². The number of ether oxygens (including phenoxy) is 1. The van der Waals surface area contributed by atoms with E-state index in [9.17, 15) is 5.11 Å². The predicted octanol–water partition coefficient (Wildman–Crippen LogP) is 4.01. The van der Waals surface area contributed by atoms with Crippen LogP contribution in [0.1, 0.15) is 50.3 Å². The Labute approximate surface area is 179 Å². The second-order valence-electron chi connectivity index (χ2n) is 8.30. The fraction of sp³-hybridized carbons (Fsp3) is 0.571. The zero-order valence-electron chi connectivity index (χ0n) is 17.2. The number of nitrogens with zero attached hydrogens (tertiary/aromatic N) is 4. The van der Waals surface area contributed by atoms with Crippen molar-refractivity contribution < 1.29 is 9.84 Å². The number of anilines is 3. The molecule has 0 bridgehead atoms. The van der Waals surface area contributed by atoms with E-state index in [-0.39, 0.29) is 6.10 Å². The zero-order valence-corrected chi connectivity index (χ0v) is 18.0. The molecule has 0 aromatic carbocycles. The minimum Gasteiger partial charge on any atom is -0.393 e. The molecule has 4 heterocycles. The number of nitrogens with one attached hydrogen (secondary N) is 2. The standard InChI is InChI=1S/C21H28N6O2S/c1-13-12-18(30-26-13)24-21-23-17-6-9-27(15-7-10-29-11-8-15)19(17)20(25-21)22-14-2-4-16(28)5-3-14/h6,9,12,14-16,28H,2-5,7-8,10-11H2,1H3,(H2,22,23,24,25)/t14-,16-. The van der Waals surface area contributed by atoms with Crippen LogP contribution in [0.3, 0.4) is 0 Å². The summed E-state index contributed by atoms with van der Waals surface area (Å²) in [5.74, 6) is 1.44. The number of fused-ring (bicyclic) bond motifs is 1. The van der Waals surface area contributed by atoms with Gasteiger partial charge in [-0.25, -0.2) is 4.98 Å². The molecule has 3 aromatic rings. The molecular formula is C21H28N6O2S. The van der Waals surface area contributed by atoms with Gasteiger partial charge in [0, 0.05) is 31.5 Å². The normalized spacial score (nSPS) is 23.0. The second kappa shape index (κ2) is 8.49. The zero-order chi connectivity index (χ0) is 20.5. The van der Waals surface area contributed by atoms with Gasteiger partial charge >= 0.3 is 0 Å². The van der Waals surface area contributed by atoms with E-state index in [1.165, 1.54) is 11.5 Å². The molecule has 0 atom stereocenters. The second-order valence-corrected chi connectivity index (χ2v) is 9.11. The van der Waals surface area contributed by atoms with Crippen LogP contribution in [0, 0.1) is 6.92 Å². The SMILES string of the molecule is Cc1cc(Nc2nc(N[C@H]3CC[C@H](O)CC3)c3c(ccn3C3CCOCC3)n2)sn1. The largest absolute Gasteiger partial charge is 0.393 e. The summed E-state index contributed by atoms with van der Waals surface area (Å²) in [6, 6.07) is 4.78. The van der Waals surface area contributed by atoms with Gasteiger partial charge in [0.1, 0.15) is 10.5 Å². The highest BCUT2D eigenvalue weighted by Crippen LogP contribution is 2.33. The van der Waals surface area contributed by atoms with Gasteiger partial charge in [-0.15, -0.1) is 0 Å². The lowest BCUT2D eigenvalue weighted by molar-refractivity contribution is 0.0707. The van der Waals surface area contributed by atoms with Gasteiger partial charge in [0.15, 0.2) is 5.82 Å². The van der Waals surface area contributed by atoms with Crippen molar-refractivity contribution in [2.45, 2.75) is 63.6 Å². The Morgan fingerprint density at radius 1 is 1.13 bits per heavy atom. The molecule has 0 radical (unpaired) electrons. The molecule has 3 aromatic heterocycles. The Morgan fingerprint density at radius 2 is 1.93 bits per heavy atom. The number of aromatic nitrogens is 4. The topological polar surface area (TPSA) is 97.1 Å². The summed E-state index contributed by atoms with van der Waals surface area (Å²) in [6.07, 6.45) is 7.51. The van der Waals surface area contributed by atoms with Gasteiger partial charge in [-0.3, -0.25) is 0 Å². The molecule has 3 N–H and O–H groups in total. The average molecular weight is 429 g/mol. The number of rotatable bonds is 5. The first kappa shape index (κ1) is 19.7. The summed E-state index contributed by atoms with van der Waals surface area (Å²) in [7, 11) is 0. The molecule has 0 amide bonds. The van der Waals surface area contributed by atoms with E-state index < -0.39 is 0 Å². The Hall–Kier alpha value is -2.23. The molecule has 9 heteroatoms. The first-order chi connectivity index (χ1) is 14.7. The number of hydrogen-bond acceptors (Lipinski definition) is 8. The van der Waals surface area contributed by atoms with Crippen molar-refractivity contribution in [3.05, 3.63) is 24.0 Å². The van der Waals surface area contributed by atoms with E-state index in [0.717, 1.165) is 79.3 Å². The molecule has 2 fully saturated rings. The summed E-state index contributed by atoms with van der Waals surface area (Å²) in [6.45, 7) is 3.56. The predicted molar refractivity (Wildman–Crippen MR) is 119 cm³/mol. The summed E-state index contributed by atoms with van der Waals surface area (Å²) >= 11 is 1.41. The number of hydrogen-bond donors (Lipinski definition) is 3. The number of aliphatic hydroxyl groups excluding tert-OH is 1. The molecule has 5 rings (SSSR count). The lowest BCUT2D eigenvalue weighted by Crippen LogP contribution is -2.29. The first-order valence-corrected chi connectivity index (χ1v) is 11.5. The van der Waals surface area contributed by atoms with Crippen LogP contribution in [0.5, 0.6) is 0 Å². The highest BCUT2D eigenvalue weighted by molar-refractivity contribution is 7.10. The average Bonchev–Trinajstić information content (AvgIpc) is 3.36. The van der Waals surface area contributed by atoms with Crippen molar-refractivity contribution in [2.24, 2.45) is 0 Å². The molecule has 1 aliphatic heterocycles. The fourth-order valence-electron chi connectivity index (χ4n) is 4.44. The number of aryl methyl sites for hydroxylation is 1. The van der Waals surface area contributed by atoms with Crippen molar-refractivity contribution in [1.82, 2.24) is 18.9 Å².